The predicted molar refractivity (Wildman–Crippen MR) is 68.1 cm³/mol. The topological polar surface area (TPSA) is 121 Å². The highest BCUT2D eigenvalue weighted by atomic mass is 16.4. The summed E-state index contributed by atoms with van der Waals surface area (Å²) in [5, 5.41) is 22.4. The van der Waals surface area contributed by atoms with Crippen LogP contribution in [-0.2, 0) is 0 Å². The first-order valence-corrected chi connectivity index (χ1v) is 5.56. The van der Waals surface area contributed by atoms with Gasteiger partial charge < -0.3 is 10.2 Å². The Morgan fingerprint density at radius 3 is 2.85 bits per heavy atom. The zero-order valence-corrected chi connectivity index (χ0v) is 9.94. The van der Waals surface area contributed by atoms with Crippen LogP contribution in [0.25, 0.3) is 16.9 Å². The number of carboxylic acid groups (broad SMARTS) is 1. The average Bonchev–Trinajstić information content (AvgIpc) is 2.87. The molecule has 100 valence electrons. The summed E-state index contributed by atoms with van der Waals surface area (Å²) in [4.78, 5) is 29.3. The number of aromatic hydroxyl groups is 1. The number of benzene rings is 1. The van der Waals surface area contributed by atoms with Crippen molar-refractivity contribution in [3.8, 4) is 11.7 Å². The average molecular weight is 272 g/mol. The molecule has 0 aliphatic rings. The summed E-state index contributed by atoms with van der Waals surface area (Å²) in [6.07, 6.45) is 2.38. The Bertz CT molecular complexity index is 881. The molecule has 0 atom stereocenters. The second-order valence-electron chi connectivity index (χ2n) is 4.07. The van der Waals surface area contributed by atoms with Gasteiger partial charge in [0.15, 0.2) is 0 Å². The lowest BCUT2D eigenvalue weighted by atomic mass is 10.2. The maximum absolute atomic E-state index is 11.9. The van der Waals surface area contributed by atoms with E-state index in [1.54, 1.807) is 0 Å². The number of rotatable bonds is 2. The molecule has 0 saturated heterocycles. The highest BCUT2D eigenvalue weighted by Crippen LogP contribution is 2.15. The molecule has 8 nitrogen and oxygen atoms in total. The molecule has 3 N–H and O–H groups in total. The number of phenols is 1. The molecular formula is C12H8N4O4. The highest BCUT2D eigenvalue weighted by molar-refractivity contribution is 5.87. The second-order valence-corrected chi connectivity index (χ2v) is 4.07. The molecule has 20 heavy (non-hydrogen) atoms. The fraction of sp³-hybridized carbons (Fsp3) is 0. The van der Waals surface area contributed by atoms with Crippen molar-refractivity contribution in [3.63, 3.8) is 0 Å². The Hall–Kier alpha value is -3.16. The number of H-pyrrole nitrogens is 1. The summed E-state index contributed by atoms with van der Waals surface area (Å²) in [5.41, 5.74) is -0.142. The zero-order valence-electron chi connectivity index (χ0n) is 9.94. The molecule has 0 saturated carbocycles. The van der Waals surface area contributed by atoms with E-state index < -0.39 is 11.5 Å². The SMILES string of the molecule is O=C(O)c1cnn(-c2nc3cc(O)ccc3c(=O)[nH]2)c1. The molecule has 2 aromatic heterocycles. The molecule has 0 aliphatic heterocycles. The van der Waals surface area contributed by atoms with E-state index in [0.717, 1.165) is 10.9 Å². The second kappa shape index (κ2) is 4.19. The van der Waals surface area contributed by atoms with Crippen LogP contribution < -0.4 is 5.56 Å². The van der Waals surface area contributed by atoms with Crippen molar-refractivity contribution in [1.82, 2.24) is 19.7 Å². The summed E-state index contributed by atoms with van der Waals surface area (Å²) in [6, 6.07) is 4.18. The molecule has 1 aromatic carbocycles. The Kier molecular flexibility index (Phi) is 2.50. The fourth-order valence-electron chi connectivity index (χ4n) is 1.77. The smallest absolute Gasteiger partial charge is 0.338 e. The number of nitrogens with zero attached hydrogens (tertiary/aromatic N) is 3. The number of hydrogen-bond donors (Lipinski definition) is 3. The third-order valence-corrected chi connectivity index (χ3v) is 2.72. The van der Waals surface area contributed by atoms with Gasteiger partial charge in [-0.1, -0.05) is 0 Å². The number of aromatic amines is 1. The van der Waals surface area contributed by atoms with E-state index in [-0.39, 0.29) is 22.8 Å². The number of aromatic carboxylic acids is 1. The van der Waals surface area contributed by atoms with E-state index in [2.05, 4.69) is 15.1 Å². The van der Waals surface area contributed by atoms with Crippen LogP contribution in [-0.4, -0.2) is 35.9 Å². The molecule has 0 radical (unpaired) electrons. The first-order valence-electron chi connectivity index (χ1n) is 5.56. The van der Waals surface area contributed by atoms with Crippen LogP contribution in [0.2, 0.25) is 0 Å². The largest absolute Gasteiger partial charge is 0.508 e. The van der Waals surface area contributed by atoms with Crippen LogP contribution in [0.4, 0.5) is 0 Å². The molecule has 0 bridgehead atoms. The minimum atomic E-state index is -1.13. The van der Waals surface area contributed by atoms with Crippen molar-refractivity contribution in [1.29, 1.82) is 0 Å². The first-order chi connectivity index (χ1) is 9.54. The molecule has 8 heteroatoms. The maximum atomic E-state index is 11.9. The van der Waals surface area contributed by atoms with Gasteiger partial charge >= 0.3 is 5.97 Å². The van der Waals surface area contributed by atoms with Crippen molar-refractivity contribution < 1.29 is 15.0 Å². The van der Waals surface area contributed by atoms with E-state index >= 15 is 0 Å². The lowest BCUT2D eigenvalue weighted by molar-refractivity contribution is 0.0697. The number of carbonyl (C=O) groups is 1. The predicted octanol–water partition coefficient (Wildman–Crippen LogP) is 0.513. The van der Waals surface area contributed by atoms with Gasteiger partial charge in [0.25, 0.3) is 5.56 Å². The van der Waals surface area contributed by atoms with E-state index in [9.17, 15) is 14.7 Å². The van der Waals surface area contributed by atoms with Crippen LogP contribution in [0.5, 0.6) is 5.75 Å². The van der Waals surface area contributed by atoms with Crippen molar-refractivity contribution in [3.05, 3.63) is 46.5 Å². The molecule has 3 rings (SSSR count). The molecule has 0 amide bonds. The van der Waals surface area contributed by atoms with Gasteiger partial charge in [-0.15, -0.1) is 0 Å². The monoisotopic (exact) mass is 272 g/mol. The Morgan fingerprint density at radius 1 is 1.35 bits per heavy atom. The zero-order chi connectivity index (χ0) is 14.3. The van der Waals surface area contributed by atoms with Gasteiger partial charge in [0, 0.05) is 12.3 Å². The summed E-state index contributed by atoms with van der Waals surface area (Å²) in [5.74, 6) is -1.08. The van der Waals surface area contributed by atoms with Crippen LogP contribution in [0.15, 0.2) is 35.4 Å². The van der Waals surface area contributed by atoms with Gasteiger partial charge in [-0.25, -0.2) is 14.5 Å². The quantitative estimate of drug-likeness (QED) is 0.625. The van der Waals surface area contributed by atoms with Crippen LogP contribution in [0.1, 0.15) is 10.4 Å². The number of fused-ring (bicyclic) bond motifs is 1. The van der Waals surface area contributed by atoms with Gasteiger partial charge in [0.2, 0.25) is 5.95 Å². The Morgan fingerprint density at radius 2 is 2.15 bits per heavy atom. The first kappa shape index (κ1) is 11.9. The number of aromatic nitrogens is 4. The number of phenolic OH excluding ortho intramolecular Hbond substituents is 1. The van der Waals surface area contributed by atoms with Crippen molar-refractivity contribution in [2.75, 3.05) is 0 Å². The minimum Gasteiger partial charge on any atom is -0.508 e. The minimum absolute atomic E-state index is 0.0201. The summed E-state index contributed by atoms with van der Waals surface area (Å²) in [6.45, 7) is 0. The highest BCUT2D eigenvalue weighted by Gasteiger charge is 2.10. The van der Waals surface area contributed by atoms with Crippen LogP contribution in [0, 0.1) is 0 Å². The van der Waals surface area contributed by atoms with E-state index in [1.807, 2.05) is 0 Å². The van der Waals surface area contributed by atoms with Crippen molar-refractivity contribution in [2.24, 2.45) is 0 Å². The number of hydrogen-bond acceptors (Lipinski definition) is 5. The van der Waals surface area contributed by atoms with Gasteiger partial charge in [-0.3, -0.25) is 9.78 Å². The van der Waals surface area contributed by atoms with Gasteiger partial charge in [0.05, 0.1) is 22.7 Å². The van der Waals surface area contributed by atoms with Crippen molar-refractivity contribution >= 4 is 16.9 Å². The summed E-state index contributed by atoms with van der Waals surface area (Å²) < 4.78 is 1.15. The van der Waals surface area contributed by atoms with E-state index in [4.69, 9.17) is 5.11 Å². The molecule has 2 heterocycles. The lowest BCUT2D eigenvalue weighted by Crippen LogP contribution is -2.13. The van der Waals surface area contributed by atoms with Crippen LogP contribution in [0.3, 0.4) is 0 Å². The normalized spacial score (nSPS) is 10.8. The number of nitrogens with one attached hydrogen (secondary N) is 1. The Labute approximate surface area is 110 Å². The van der Waals surface area contributed by atoms with Gasteiger partial charge in [0.1, 0.15) is 5.75 Å². The van der Waals surface area contributed by atoms with E-state index in [1.165, 1.54) is 24.4 Å². The summed E-state index contributed by atoms with van der Waals surface area (Å²) >= 11 is 0. The molecule has 0 unspecified atom stereocenters. The third kappa shape index (κ3) is 1.88. The molecular weight excluding hydrogens is 264 g/mol. The fourth-order valence-corrected chi connectivity index (χ4v) is 1.77. The van der Waals surface area contributed by atoms with Crippen LogP contribution >= 0.6 is 0 Å². The molecule has 3 aromatic rings. The van der Waals surface area contributed by atoms with Gasteiger partial charge in [-0.2, -0.15) is 5.10 Å². The maximum Gasteiger partial charge on any atom is 0.338 e. The van der Waals surface area contributed by atoms with Gasteiger partial charge in [-0.05, 0) is 12.1 Å². The molecule has 0 aliphatic carbocycles. The summed E-state index contributed by atoms with van der Waals surface area (Å²) in [7, 11) is 0. The Balaban J connectivity index is 2.20. The third-order valence-electron chi connectivity index (χ3n) is 2.72. The standard InChI is InChI=1S/C12H8N4O4/c17-7-1-2-8-9(3-7)14-12(15-10(8)18)16-5-6(4-13-16)11(19)20/h1-5,17H,(H,19,20)(H,14,15,18). The lowest BCUT2D eigenvalue weighted by Gasteiger charge is -2.02. The van der Waals surface area contributed by atoms with Crippen molar-refractivity contribution in [2.45, 2.75) is 0 Å². The molecule has 0 spiro atoms. The molecule has 0 fully saturated rings. The van der Waals surface area contributed by atoms with E-state index in [0.29, 0.717) is 5.39 Å². The number of carboxylic acids is 1.